The molecule has 1 aliphatic carbocycles. The van der Waals surface area contributed by atoms with Gasteiger partial charge in [0.15, 0.2) is 5.54 Å². The lowest BCUT2D eigenvalue weighted by Crippen LogP contribution is -2.53. The molecule has 0 bridgehead atoms. The molecular weight excluding hydrogens is 320 g/mol. The van der Waals surface area contributed by atoms with Crippen LogP contribution in [0.3, 0.4) is 0 Å². The van der Waals surface area contributed by atoms with E-state index < -0.39 is 23.2 Å². The minimum Gasteiger partial charge on any atom is -0.479 e. The van der Waals surface area contributed by atoms with Crippen molar-refractivity contribution in [2.75, 3.05) is 0 Å². The predicted molar refractivity (Wildman–Crippen MR) is 76.9 cm³/mol. The molecule has 114 valence electrons. The molecule has 1 N–H and O–H groups in total. The van der Waals surface area contributed by atoms with Crippen LogP contribution in [0.1, 0.15) is 32.3 Å². The van der Waals surface area contributed by atoms with Gasteiger partial charge in [-0.1, -0.05) is 23.2 Å². The van der Waals surface area contributed by atoms with E-state index in [0.29, 0.717) is 0 Å². The number of amides is 1. The zero-order chi connectivity index (χ0) is 15.9. The van der Waals surface area contributed by atoms with Gasteiger partial charge < -0.3 is 10.0 Å². The lowest BCUT2D eigenvalue weighted by Gasteiger charge is -2.38. The van der Waals surface area contributed by atoms with E-state index in [0.717, 1.165) is 25.0 Å². The fourth-order valence-electron chi connectivity index (χ4n) is 2.51. The Morgan fingerprint density at radius 2 is 1.90 bits per heavy atom. The first kappa shape index (κ1) is 16.0. The van der Waals surface area contributed by atoms with Gasteiger partial charge in [0.2, 0.25) is 5.91 Å². The van der Waals surface area contributed by atoms with Gasteiger partial charge in [-0.05, 0) is 31.9 Å². The molecule has 1 fully saturated rings. The molecule has 1 aromatic carbocycles. The van der Waals surface area contributed by atoms with Gasteiger partial charge in [0.25, 0.3) is 0 Å². The third kappa shape index (κ3) is 2.72. The molecule has 1 unspecified atom stereocenters. The molecule has 0 aliphatic heterocycles. The summed E-state index contributed by atoms with van der Waals surface area (Å²) in [6.07, 6.45) is 1.44. The van der Waals surface area contributed by atoms with E-state index in [4.69, 9.17) is 23.2 Å². The number of carbonyl (C=O) groups is 2. The second-order valence-electron chi connectivity index (χ2n) is 5.24. The molecular formula is C14H14Cl2FNO3. The summed E-state index contributed by atoms with van der Waals surface area (Å²) in [4.78, 5) is 25.0. The largest absolute Gasteiger partial charge is 0.479 e. The summed E-state index contributed by atoms with van der Waals surface area (Å²) in [6, 6.07) is 1.97. The maximum absolute atomic E-state index is 13.7. The molecule has 0 saturated heterocycles. The summed E-state index contributed by atoms with van der Waals surface area (Å²) in [7, 11) is 0. The number of nitrogens with zero attached hydrogens (tertiary/aromatic N) is 1. The first-order valence-corrected chi connectivity index (χ1v) is 7.13. The minimum absolute atomic E-state index is 0.0122. The number of halogens is 3. The van der Waals surface area contributed by atoms with E-state index in [9.17, 15) is 19.1 Å². The molecule has 4 nitrogen and oxygen atoms in total. The number of carboxylic acid groups (broad SMARTS) is 1. The fourth-order valence-corrected chi connectivity index (χ4v) is 3.08. The average molecular weight is 334 g/mol. The number of benzene rings is 1. The first-order chi connectivity index (χ1) is 9.69. The van der Waals surface area contributed by atoms with Gasteiger partial charge in [-0.2, -0.15) is 0 Å². The summed E-state index contributed by atoms with van der Waals surface area (Å²) in [6.45, 7) is 2.64. The zero-order valence-electron chi connectivity index (χ0n) is 11.5. The average Bonchev–Trinajstić information content (AvgIpc) is 3.17. The standard InChI is InChI=1S/C14H14Cl2FNO3/c1-7(19)18(8-3-4-8)14(2,13(20)21)9-5-12(17)11(16)6-10(9)15/h5-6,8H,3-4H2,1-2H3,(H,20,21). The van der Waals surface area contributed by atoms with Gasteiger partial charge in [0.05, 0.1) is 5.02 Å². The molecule has 0 heterocycles. The summed E-state index contributed by atoms with van der Waals surface area (Å²) in [5.74, 6) is -2.44. The lowest BCUT2D eigenvalue weighted by molar-refractivity contribution is -0.159. The second-order valence-corrected chi connectivity index (χ2v) is 6.06. The van der Waals surface area contributed by atoms with E-state index in [2.05, 4.69) is 0 Å². The van der Waals surface area contributed by atoms with Crippen molar-refractivity contribution in [3.63, 3.8) is 0 Å². The van der Waals surface area contributed by atoms with Gasteiger partial charge in [0.1, 0.15) is 5.82 Å². The molecule has 0 aromatic heterocycles. The highest BCUT2D eigenvalue weighted by Gasteiger charge is 2.50. The van der Waals surface area contributed by atoms with Gasteiger partial charge in [-0.25, -0.2) is 9.18 Å². The summed E-state index contributed by atoms with van der Waals surface area (Å²) < 4.78 is 13.7. The Bertz CT molecular complexity index is 618. The molecule has 0 spiro atoms. The quantitative estimate of drug-likeness (QED) is 0.858. The highest BCUT2D eigenvalue weighted by atomic mass is 35.5. The Kier molecular flexibility index (Phi) is 4.17. The van der Waals surface area contributed by atoms with Crippen molar-refractivity contribution in [1.82, 2.24) is 4.90 Å². The first-order valence-electron chi connectivity index (χ1n) is 6.38. The third-order valence-corrected chi connectivity index (χ3v) is 4.29. The maximum atomic E-state index is 13.7. The van der Waals surface area contributed by atoms with Gasteiger partial charge in [-0.15, -0.1) is 0 Å². The zero-order valence-corrected chi connectivity index (χ0v) is 13.0. The van der Waals surface area contributed by atoms with Crippen molar-refractivity contribution in [1.29, 1.82) is 0 Å². The minimum atomic E-state index is -1.74. The number of hydrogen-bond donors (Lipinski definition) is 1. The molecule has 2 rings (SSSR count). The SMILES string of the molecule is CC(=O)N(C1CC1)C(C)(C(=O)O)c1cc(F)c(Cl)cc1Cl. The van der Waals surface area contributed by atoms with Gasteiger partial charge in [0, 0.05) is 23.6 Å². The van der Waals surface area contributed by atoms with Crippen LogP contribution in [0.15, 0.2) is 12.1 Å². The van der Waals surface area contributed by atoms with E-state index in [1.165, 1.54) is 18.7 Å². The van der Waals surface area contributed by atoms with Crippen LogP contribution in [0.4, 0.5) is 4.39 Å². The molecule has 1 atom stereocenters. The van der Waals surface area contributed by atoms with Crippen molar-refractivity contribution < 1.29 is 19.1 Å². The highest BCUT2D eigenvalue weighted by molar-refractivity contribution is 6.35. The molecule has 7 heteroatoms. The summed E-state index contributed by atoms with van der Waals surface area (Å²) >= 11 is 11.7. The Balaban J connectivity index is 2.64. The van der Waals surface area contributed by atoms with Crippen LogP contribution in [-0.2, 0) is 15.1 Å². The number of rotatable bonds is 4. The Morgan fingerprint density at radius 3 is 2.33 bits per heavy atom. The van der Waals surface area contributed by atoms with Crippen LogP contribution in [0.25, 0.3) is 0 Å². The van der Waals surface area contributed by atoms with E-state index in [1.807, 2.05) is 0 Å². The third-order valence-electron chi connectivity index (χ3n) is 3.68. The second kappa shape index (κ2) is 5.46. The van der Waals surface area contributed by atoms with E-state index >= 15 is 0 Å². The fraction of sp³-hybridized carbons (Fsp3) is 0.429. The number of hydrogen-bond acceptors (Lipinski definition) is 2. The Hall–Kier alpha value is -1.33. The van der Waals surface area contributed by atoms with Crippen molar-refractivity contribution >= 4 is 35.1 Å². The highest BCUT2D eigenvalue weighted by Crippen LogP contribution is 2.42. The van der Waals surface area contributed by atoms with E-state index in [-0.39, 0.29) is 21.7 Å². The van der Waals surface area contributed by atoms with E-state index in [1.54, 1.807) is 0 Å². The van der Waals surface area contributed by atoms with Crippen molar-refractivity contribution in [2.45, 2.75) is 38.3 Å². The molecule has 0 radical (unpaired) electrons. The van der Waals surface area contributed by atoms with Crippen LogP contribution >= 0.6 is 23.2 Å². The van der Waals surface area contributed by atoms with Gasteiger partial charge >= 0.3 is 5.97 Å². The van der Waals surface area contributed by atoms with Crippen LogP contribution < -0.4 is 0 Å². The smallest absolute Gasteiger partial charge is 0.334 e. The number of aliphatic carboxylic acids is 1. The molecule has 1 aromatic rings. The molecule has 21 heavy (non-hydrogen) atoms. The number of carboxylic acids is 1. The van der Waals surface area contributed by atoms with Crippen LogP contribution in [0.5, 0.6) is 0 Å². The van der Waals surface area contributed by atoms with Crippen molar-refractivity contribution in [2.24, 2.45) is 0 Å². The Labute approximate surface area is 131 Å². The monoisotopic (exact) mass is 333 g/mol. The van der Waals surface area contributed by atoms with Gasteiger partial charge in [-0.3, -0.25) is 4.79 Å². The predicted octanol–water partition coefficient (Wildman–Crippen LogP) is 3.44. The van der Waals surface area contributed by atoms with Crippen LogP contribution in [0, 0.1) is 5.82 Å². The topological polar surface area (TPSA) is 57.6 Å². The number of carbonyl (C=O) groups excluding carboxylic acids is 1. The summed E-state index contributed by atoms with van der Waals surface area (Å²) in [5.41, 5.74) is -1.73. The van der Waals surface area contributed by atoms with Crippen LogP contribution in [0.2, 0.25) is 10.0 Å². The van der Waals surface area contributed by atoms with Crippen LogP contribution in [-0.4, -0.2) is 27.9 Å². The Morgan fingerprint density at radius 1 is 1.33 bits per heavy atom. The van der Waals surface area contributed by atoms with Crippen molar-refractivity contribution in [3.05, 3.63) is 33.6 Å². The molecule has 1 saturated carbocycles. The normalized spacial score (nSPS) is 17.2. The maximum Gasteiger partial charge on any atom is 0.334 e. The molecule has 1 amide bonds. The van der Waals surface area contributed by atoms with Crippen molar-refractivity contribution in [3.8, 4) is 0 Å². The molecule has 1 aliphatic rings. The lowest BCUT2D eigenvalue weighted by atomic mass is 9.89. The summed E-state index contributed by atoms with van der Waals surface area (Å²) in [5, 5.41) is 9.47.